The predicted octanol–water partition coefficient (Wildman–Crippen LogP) is 1.22. The molecule has 2 amide bonds. The molecule has 0 saturated heterocycles. The van der Waals surface area contributed by atoms with Crippen molar-refractivity contribution in [3.63, 3.8) is 0 Å². The normalized spacial score (nSPS) is 24.1. The van der Waals surface area contributed by atoms with E-state index in [0.717, 1.165) is 19.3 Å². The summed E-state index contributed by atoms with van der Waals surface area (Å²) in [4.78, 5) is 28.0. The van der Waals surface area contributed by atoms with Gasteiger partial charge in [0, 0.05) is 13.1 Å². The first kappa shape index (κ1) is 13.8. The molecule has 0 spiro atoms. The van der Waals surface area contributed by atoms with E-state index >= 15 is 0 Å². The second-order valence-corrected chi connectivity index (χ2v) is 4.53. The highest BCUT2D eigenvalue weighted by molar-refractivity contribution is 5.73. The lowest BCUT2D eigenvalue weighted by molar-refractivity contribution is -0.144. The molecule has 2 N–H and O–H groups in total. The van der Waals surface area contributed by atoms with Crippen LogP contribution in [0.4, 0.5) is 4.79 Å². The molecule has 0 bridgehead atoms. The summed E-state index contributed by atoms with van der Waals surface area (Å²) in [5, 5.41) is 8.37. The van der Waals surface area contributed by atoms with Gasteiger partial charge in [0.05, 0.1) is 0 Å². The minimum absolute atomic E-state index is 0.206. The standard InChI is InChI=1S/C11H20N2O4/c1-8-5-3-4-6-9(8)13(2)11(16)12-17-7-10(14)15/h8-9H,3-7H2,1-2H3,(H,12,16)(H,14,15). The lowest BCUT2D eigenvalue weighted by atomic mass is 9.85. The smallest absolute Gasteiger partial charge is 0.341 e. The SMILES string of the molecule is CC1CCCCC1N(C)C(=O)NOCC(=O)O. The van der Waals surface area contributed by atoms with Crippen molar-refractivity contribution in [3.8, 4) is 0 Å². The van der Waals surface area contributed by atoms with E-state index in [1.807, 2.05) is 0 Å². The van der Waals surface area contributed by atoms with Crippen LogP contribution in [0.25, 0.3) is 0 Å². The summed E-state index contributed by atoms with van der Waals surface area (Å²) in [6, 6.07) is -0.179. The van der Waals surface area contributed by atoms with Crippen molar-refractivity contribution in [1.82, 2.24) is 10.4 Å². The molecule has 0 aromatic rings. The molecule has 0 aliphatic heterocycles. The number of amides is 2. The number of carbonyl (C=O) groups is 2. The fraction of sp³-hybridized carbons (Fsp3) is 0.818. The fourth-order valence-corrected chi connectivity index (χ4v) is 2.25. The van der Waals surface area contributed by atoms with Crippen LogP contribution in [0.2, 0.25) is 0 Å². The molecular weight excluding hydrogens is 224 g/mol. The molecule has 1 saturated carbocycles. The van der Waals surface area contributed by atoms with E-state index in [2.05, 4.69) is 17.2 Å². The van der Waals surface area contributed by atoms with Crippen LogP contribution in [0.3, 0.4) is 0 Å². The highest BCUT2D eigenvalue weighted by atomic mass is 16.7. The van der Waals surface area contributed by atoms with Crippen molar-refractivity contribution < 1.29 is 19.5 Å². The largest absolute Gasteiger partial charge is 0.479 e. The summed E-state index contributed by atoms with van der Waals surface area (Å²) in [7, 11) is 1.71. The third kappa shape index (κ3) is 4.22. The number of carboxylic acid groups (broad SMARTS) is 1. The Morgan fingerprint density at radius 1 is 1.41 bits per heavy atom. The van der Waals surface area contributed by atoms with Gasteiger partial charge in [0.2, 0.25) is 0 Å². The second kappa shape index (κ2) is 6.44. The molecule has 0 heterocycles. The van der Waals surface area contributed by atoms with Crippen molar-refractivity contribution in [3.05, 3.63) is 0 Å². The number of hydrogen-bond donors (Lipinski definition) is 2. The van der Waals surface area contributed by atoms with Crippen molar-refractivity contribution in [2.45, 2.75) is 38.6 Å². The maximum Gasteiger partial charge on any atom is 0.341 e. The first-order valence-corrected chi connectivity index (χ1v) is 5.88. The molecule has 0 aromatic heterocycles. The van der Waals surface area contributed by atoms with Gasteiger partial charge < -0.3 is 10.0 Å². The van der Waals surface area contributed by atoms with Crippen molar-refractivity contribution >= 4 is 12.0 Å². The first-order chi connectivity index (χ1) is 8.02. The fourth-order valence-electron chi connectivity index (χ4n) is 2.25. The van der Waals surface area contributed by atoms with Crippen LogP contribution in [0.5, 0.6) is 0 Å². The van der Waals surface area contributed by atoms with Gasteiger partial charge in [-0.25, -0.2) is 15.1 Å². The van der Waals surface area contributed by atoms with Gasteiger partial charge in [-0.15, -0.1) is 0 Å². The Morgan fingerprint density at radius 3 is 2.65 bits per heavy atom. The monoisotopic (exact) mass is 244 g/mol. The number of nitrogens with one attached hydrogen (secondary N) is 1. The van der Waals surface area contributed by atoms with E-state index in [0.29, 0.717) is 5.92 Å². The molecule has 1 rings (SSSR count). The van der Waals surface area contributed by atoms with E-state index in [1.165, 1.54) is 6.42 Å². The average molecular weight is 244 g/mol. The molecule has 17 heavy (non-hydrogen) atoms. The Kier molecular flexibility index (Phi) is 5.21. The third-order valence-electron chi connectivity index (χ3n) is 3.24. The number of aliphatic carboxylic acids is 1. The minimum Gasteiger partial charge on any atom is -0.479 e. The zero-order chi connectivity index (χ0) is 12.8. The van der Waals surface area contributed by atoms with Crippen LogP contribution in [0.15, 0.2) is 0 Å². The first-order valence-electron chi connectivity index (χ1n) is 5.88. The molecule has 6 heteroatoms. The van der Waals surface area contributed by atoms with Crippen LogP contribution in [0, 0.1) is 5.92 Å². The van der Waals surface area contributed by atoms with Gasteiger partial charge in [0.15, 0.2) is 6.61 Å². The van der Waals surface area contributed by atoms with Crippen LogP contribution < -0.4 is 5.48 Å². The third-order valence-corrected chi connectivity index (χ3v) is 3.24. The number of carbonyl (C=O) groups excluding carboxylic acids is 1. The Hall–Kier alpha value is -1.30. The highest BCUT2D eigenvalue weighted by Gasteiger charge is 2.27. The van der Waals surface area contributed by atoms with Crippen LogP contribution >= 0.6 is 0 Å². The van der Waals surface area contributed by atoms with E-state index in [-0.39, 0.29) is 12.1 Å². The summed E-state index contributed by atoms with van der Waals surface area (Å²) >= 11 is 0. The topological polar surface area (TPSA) is 78.9 Å². The molecule has 1 aliphatic carbocycles. The zero-order valence-electron chi connectivity index (χ0n) is 10.3. The Morgan fingerprint density at radius 2 is 2.06 bits per heavy atom. The lowest BCUT2D eigenvalue weighted by Gasteiger charge is -2.35. The van der Waals surface area contributed by atoms with Crippen LogP contribution in [0.1, 0.15) is 32.6 Å². The van der Waals surface area contributed by atoms with Crippen molar-refractivity contribution in [2.75, 3.05) is 13.7 Å². The maximum absolute atomic E-state index is 11.7. The Balaban J connectivity index is 2.37. The van der Waals surface area contributed by atoms with Crippen LogP contribution in [-0.2, 0) is 9.63 Å². The molecule has 2 unspecified atom stereocenters. The van der Waals surface area contributed by atoms with Gasteiger partial charge in [0.1, 0.15) is 0 Å². The maximum atomic E-state index is 11.7. The summed E-state index contributed by atoms with van der Waals surface area (Å²) in [6.07, 6.45) is 4.45. The average Bonchev–Trinajstić information content (AvgIpc) is 2.28. The molecule has 1 aliphatic rings. The molecule has 6 nitrogen and oxygen atoms in total. The van der Waals surface area contributed by atoms with Gasteiger partial charge in [-0.05, 0) is 18.8 Å². The summed E-state index contributed by atoms with van der Waals surface area (Å²) in [6.45, 7) is 1.60. The second-order valence-electron chi connectivity index (χ2n) is 4.53. The van der Waals surface area contributed by atoms with Crippen LogP contribution in [-0.4, -0.2) is 41.7 Å². The minimum atomic E-state index is -1.11. The van der Waals surface area contributed by atoms with Gasteiger partial charge in [0.25, 0.3) is 0 Å². The van der Waals surface area contributed by atoms with Gasteiger partial charge >= 0.3 is 12.0 Å². The predicted molar refractivity (Wildman–Crippen MR) is 61.3 cm³/mol. The van der Waals surface area contributed by atoms with E-state index in [9.17, 15) is 9.59 Å². The van der Waals surface area contributed by atoms with E-state index < -0.39 is 12.6 Å². The summed E-state index contributed by atoms with van der Waals surface area (Å²) in [5.74, 6) is -0.641. The van der Waals surface area contributed by atoms with Gasteiger partial charge in [-0.3, -0.25) is 4.84 Å². The summed E-state index contributed by atoms with van der Waals surface area (Å²) in [5.41, 5.74) is 2.14. The number of carboxylic acids is 1. The molecule has 2 atom stereocenters. The molecule has 1 fully saturated rings. The Bertz CT molecular complexity index is 283. The van der Waals surface area contributed by atoms with Gasteiger partial charge in [-0.1, -0.05) is 19.8 Å². The molecule has 0 aromatic carbocycles. The quantitative estimate of drug-likeness (QED) is 0.729. The number of nitrogens with zero attached hydrogens (tertiary/aromatic N) is 1. The van der Waals surface area contributed by atoms with E-state index in [4.69, 9.17) is 5.11 Å². The summed E-state index contributed by atoms with van der Waals surface area (Å²) < 4.78 is 0. The Labute approximate surface area is 101 Å². The number of urea groups is 1. The molecule has 0 radical (unpaired) electrons. The van der Waals surface area contributed by atoms with E-state index in [1.54, 1.807) is 11.9 Å². The highest BCUT2D eigenvalue weighted by Crippen LogP contribution is 2.27. The zero-order valence-corrected chi connectivity index (χ0v) is 10.3. The molecular formula is C11H20N2O4. The number of rotatable bonds is 4. The van der Waals surface area contributed by atoms with Crippen molar-refractivity contribution in [2.24, 2.45) is 5.92 Å². The lowest BCUT2D eigenvalue weighted by Crippen LogP contribution is -2.47. The molecule has 98 valence electrons. The number of hydroxylamine groups is 1. The van der Waals surface area contributed by atoms with Crippen molar-refractivity contribution in [1.29, 1.82) is 0 Å². The van der Waals surface area contributed by atoms with Gasteiger partial charge in [-0.2, -0.15) is 0 Å². The number of hydrogen-bond acceptors (Lipinski definition) is 3.